The van der Waals surface area contributed by atoms with Crippen molar-refractivity contribution in [2.45, 2.75) is 104 Å². The molecule has 0 aromatic rings. The largest absolute Gasteiger partial charge is 0.459 e. The summed E-state index contributed by atoms with van der Waals surface area (Å²) in [6.07, 6.45) is 14.6. The summed E-state index contributed by atoms with van der Waals surface area (Å²) < 4.78 is 5.90. The molecular formula is C23H38O2. The molecule has 0 aromatic carbocycles. The lowest BCUT2D eigenvalue weighted by molar-refractivity contribution is -0.182. The summed E-state index contributed by atoms with van der Waals surface area (Å²) in [5.74, 6) is 3.57. The molecule has 7 atom stereocenters. The van der Waals surface area contributed by atoms with Crippen molar-refractivity contribution in [3.05, 3.63) is 0 Å². The van der Waals surface area contributed by atoms with Crippen LogP contribution in [0.1, 0.15) is 98.3 Å². The molecule has 0 bridgehead atoms. The highest BCUT2D eigenvalue weighted by molar-refractivity contribution is 5.66. The molecule has 0 radical (unpaired) electrons. The van der Waals surface area contributed by atoms with E-state index >= 15 is 0 Å². The SMILES string of the molecule is CC[C@]1(OC(C)=O)CC[C@@]2(C)[C@@H](CC[C@H]3[C@@H]4CCC[C@@]4(C)CC[C@@H]32)C1. The number of hydrogen-bond donors (Lipinski definition) is 0. The lowest BCUT2D eigenvalue weighted by Gasteiger charge is -2.62. The van der Waals surface area contributed by atoms with E-state index in [9.17, 15) is 4.79 Å². The van der Waals surface area contributed by atoms with Crippen LogP contribution in [-0.2, 0) is 9.53 Å². The van der Waals surface area contributed by atoms with Crippen molar-refractivity contribution in [3.63, 3.8) is 0 Å². The lowest BCUT2D eigenvalue weighted by Crippen LogP contribution is -2.56. The van der Waals surface area contributed by atoms with E-state index in [0.717, 1.165) is 42.9 Å². The van der Waals surface area contributed by atoms with Gasteiger partial charge in [0.2, 0.25) is 0 Å². The first-order valence-electron chi connectivity index (χ1n) is 11.0. The zero-order valence-electron chi connectivity index (χ0n) is 16.9. The van der Waals surface area contributed by atoms with Crippen LogP contribution in [0, 0.1) is 34.5 Å². The number of ether oxygens (including phenoxy) is 1. The maximum absolute atomic E-state index is 11.7. The van der Waals surface area contributed by atoms with Crippen LogP contribution in [0.25, 0.3) is 0 Å². The number of carbonyl (C=O) groups excluding carboxylic acids is 1. The maximum atomic E-state index is 11.7. The molecule has 0 unspecified atom stereocenters. The average Bonchev–Trinajstić information content (AvgIpc) is 2.96. The highest BCUT2D eigenvalue weighted by Crippen LogP contribution is 2.67. The minimum absolute atomic E-state index is 0.0847. The van der Waals surface area contributed by atoms with Gasteiger partial charge in [-0.2, -0.15) is 0 Å². The van der Waals surface area contributed by atoms with Crippen LogP contribution in [0.5, 0.6) is 0 Å². The Balaban J connectivity index is 1.56. The summed E-state index contributed by atoms with van der Waals surface area (Å²) in [4.78, 5) is 11.7. The number of esters is 1. The molecule has 0 aliphatic heterocycles. The Labute approximate surface area is 154 Å². The van der Waals surface area contributed by atoms with Crippen LogP contribution in [0.15, 0.2) is 0 Å². The van der Waals surface area contributed by atoms with Crippen LogP contribution in [0.2, 0.25) is 0 Å². The Morgan fingerprint density at radius 3 is 2.52 bits per heavy atom. The number of fused-ring (bicyclic) bond motifs is 5. The molecule has 25 heavy (non-hydrogen) atoms. The number of carbonyl (C=O) groups is 1. The van der Waals surface area contributed by atoms with Gasteiger partial charge in [0.05, 0.1) is 0 Å². The van der Waals surface area contributed by atoms with Gasteiger partial charge in [-0.05, 0) is 98.7 Å². The van der Waals surface area contributed by atoms with E-state index in [0.29, 0.717) is 10.8 Å². The lowest BCUT2D eigenvalue weighted by atomic mass is 9.44. The van der Waals surface area contributed by atoms with E-state index < -0.39 is 0 Å². The van der Waals surface area contributed by atoms with Gasteiger partial charge in [0.1, 0.15) is 5.60 Å². The van der Waals surface area contributed by atoms with Crippen molar-refractivity contribution in [3.8, 4) is 0 Å². The Kier molecular flexibility index (Phi) is 4.28. The van der Waals surface area contributed by atoms with Crippen molar-refractivity contribution in [1.82, 2.24) is 0 Å². The summed E-state index contributed by atoms with van der Waals surface area (Å²) in [5.41, 5.74) is 0.981. The second-order valence-electron chi connectivity index (χ2n) is 10.6. The molecule has 0 aromatic heterocycles. The predicted molar refractivity (Wildman–Crippen MR) is 101 cm³/mol. The monoisotopic (exact) mass is 346 g/mol. The second kappa shape index (κ2) is 5.99. The maximum Gasteiger partial charge on any atom is 0.303 e. The van der Waals surface area contributed by atoms with Crippen LogP contribution in [0.3, 0.4) is 0 Å². The smallest absolute Gasteiger partial charge is 0.303 e. The van der Waals surface area contributed by atoms with Crippen LogP contribution < -0.4 is 0 Å². The fourth-order valence-corrected chi connectivity index (χ4v) is 8.09. The van der Waals surface area contributed by atoms with Crippen molar-refractivity contribution in [2.24, 2.45) is 34.5 Å². The fourth-order valence-electron chi connectivity index (χ4n) is 8.09. The van der Waals surface area contributed by atoms with Gasteiger partial charge < -0.3 is 4.74 Å². The number of hydrogen-bond acceptors (Lipinski definition) is 2. The quantitative estimate of drug-likeness (QED) is 0.562. The molecule has 4 aliphatic rings. The Bertz CT molecular complexity index is 542. The third kappa shape index (κ3) is 2.69. The number of rotatable bonds is 2. The summed E-state index contributed by atoms with van der Waals surface area (Å²) >= 11 is 0. The van der Waals surface area contributed by atoms with Crippen LogP contribution in [-0.4, -0.2) is 11.6 Å². The van der Waals surface area contributed by atoms with Crippen LogP contribution in [0.4, 0.5) is 0 Å². The summed E-state index contributed by atoms with van der Waals surface area (Å²) in [6.45, 7) is 9.00. The van der Waals surface area contributed by atoms with Gasteiger partial charge >= 0.3 is 5.97 Å². The van der Waals surface area contributed by atoms with Gasteiger partial charge in [-0.25, -0.2) is 0 Å². The summed E-state index contributed by atoms with van der Waals surface area (Å²) in [5, 5.41) is 0. The normalized spacial score (nSPS) is 52.0. The predicted octanol–water partition coefficient (Wildman–Crippen LogP) is 6.13. The van der Waals surface area contributed by atoms with Crippen molar-refractivity contribution in [2.75, 3.05) is 0 Å². The highest BCUT2D eigenvalue weighted by atomic mass is 16.6. The molecule has 4 fully saturated rings. The van der Waals surface area contributed by atoms with Crippen molar-refractivity contribution >= 4 is 5.97 Å². The minimum Gasteiger partial charge on any atom is -0.459 e. The zero-order valence-corrected chi connectivity index (χ0v) is 16.9. The molecule has 4 saturated carbocycles. The van der Waals surface area contributed by atoms with Crippen molar-refractivity contribution in [1.29, 1.82) is 0 Å². The van der Waals surface area contributed by atoms with Gasteiger partial charge in [0, 0.05) is 6.92 Å². The second-order valence-corrected chi connectivity index (χ2v) is 10.6. The van der Waals surface area contributed by atoms with Gasteiger partial charge in [-0.3, -0.25) is 4.79 Å². The van der Waals surface area contributed by atoms with Crippen molar-refractivity contribution < 1.29 is 9.53 Å². The molecular weight excluding hydrogens is 308 g/mol. The molecule has 0 amide bonds. The minimum atomic E-state index is -0.167. The summed E-state index contributed by atoms with van der Waals surface area (Å²) in [7, 11) is 0. The van der Waals surface area contributed by atoms with E-state index in [4.69, 9.17) is 4.74 Å². The Morgan fingerprint density at radius 1 is 1.00 bits per heavy atom. The Hall–Kier alpha value is -0.530. The molecule has 0 saturated heterocycles. The average molecular weight is 347 g/mol. The zero-order chi connectivity index (χ0) is 17.9. The van der Waals surface area contributed by atoms with E-state index in [1.807, 2.05) is 0 Å². The first-order chi connectivity index (χ1) is 11.8. The third-order valence-electron chi connectivity index (χ3n) is 9.59. The molecule has 0 spiro atoms. The molecule has 4 rings (SSSR count). The van der Waals surface area contributed by atoms with Gasteiger partial charge in [0.15, 0.2) is 0 Å². The molecule has 2 nitrogen and oxygen atoms in total. The standard InChI is InChI=1S/C23H38O2/c1-5-23(25-16(2)24)14-13-22(4)17(15-23)8-9-18-19-7-6-11-21(19,3)12-10-20(18)22/h17-20H,5-15H2,1-4H3/t17-,18-,19-,20-,21-,22-,23-/m0/s1. The fraction of sp³-hybridized carbons (Fsp3) is 0.957. The topological polar surface area (TPSA) is 26.3 Å². The molecule has 4 aliphatic carbocycles. The molecule has 0 heterocycles. The van der Waals surface area contributed by atoms with E-state index in [1.54, 1.807) is 6.92 Å². The summed E-state index contributed by atoms with van der Waals surface area (Å²) in [6, 6.07) is 0. The molecule has 142 valence electrons. The van der Waals surface area contributed by atoms with Gasteiger partial charge in [-0.1, -0.05) is 27.2 Å². The van der Waals surface area contributed by atoms with E-state index in [1.165, 1.54) is 51.4 Å². The van der Waals surface area contributed by atoms with E-state index in [-0.39, 0.29) is 11.6 Å². The first kappa shape index (κ1) is 17.9. The third-order valence-corrected chi connectivity index (χ3v) is 9.59. The van der Waals surface area contributed by atoms with Gasteiger partial charge in [-0.15, -0.1) is 0 Å². The van der Waals surface area contributed by atoms with Gasteiger partial charge in [0.25, 0.3) is 0 Å². The molecule has 0 N–H and O–H groups in total. The first-order valence-corrected chi connectivity index (χ1v) is 11.0. The molecule has 2 heteroatoms. The Morgan fingerprint density at radius 2 is 1.80 bits per heavy atom. The van der Waals surface area contributed by atoms with Crippen LogP contribution >= 0.6 is 0 Å². The highest BCUT2D eigenvalue weighted by Gasteiger charge is 2.59. The van der Waals surface area contributed by atoms with E-state index in [2.05, 4.69) is 20.8 Å².